The van der Waals surface area contributed by atoms with E-state index in [1.807, 2.05) is 27.7 Å². The number of aliphatic carboxylic acids is 1. The van der Waals surface area contributed by atoms with Crippen LogP contribution in [-0.2, 0) is 9.59 Å². The number of carbonyl (C=O) groups excluding carboxylic acids is 1. The van der Waals surface area contributed by atoms with Gasteiger partial charge in [-0.1, -0.05) is 19.9 Å². The summed E-state index contributed by atoms with van der Waals surface area (Å²) in [6, 6.07) is 3.81. The van der Waals surface area contributed by atoms with E-state index >= 15 is 0 Å². The van der Waals surface area contributed by atoms with Crippen LogP contribution in [-0.4, -0.2) is 28.6 Å². The molecule has 24 heavy (non-hydrogen) atoms. The molecule has 0 bridgehead atoms. The van der Waals surface area contributed by atoms with Crippen LogP contribution in [0.5, 0.6) is 0 Å². The summed E-state index contributed by atoms with van der Waals surface area (Å²) in [5, 5.41) is 15.6. The van der Waals surface area contributed by atoms with Gasteiger partial charge >= 0.3 is 5.97 Å². The highest BCUT2D eigenvalue weighted by Crippen LogP contribution is 2.46. The maximum Gasteiger partial charge on any atom is 0.308 e. The number of amides is 1. The van der Waals surface area contributed by atoms with E-state index in [0.717, 1.165) is 0 Å². The molecule has 1 aromatic carbocycles. The van der Waals surface area contributed by atoms with Gasteiger partial charge in [0.1, 0.15) is 5.82 Å². The van der Waals surface area contributed by atoms with Gasteiger partial charge in [0, 0.05) is 28.4 Å². The normalized spacial score (nSPS) is 28.7. The van der Waals surface area contributed by atoms with Crippen molar-refractivity contribution in [3.63, 3.8) is 0 Å². The fraction of sp³-hybridized carbons (Fsp3) is 0.444. The van der Waals surface area contributed by atoms with Crippen molar-refractivity contribution in [2.45, 2.75) is 39.3 Å². The number of carbonyl (C=O) groups is 2. The molecule has 1 amide bonds. The van der Waals surface area contributed by atoms with Crippen molar-refractivity contribution in [1.82, 2.24) is 5.32 Å². The summed E-state index contributed by atoms with van der Waals surface area (Å²) in [5.41, 5.74) is 0.207. The Balaban J connectivity index is 2.05. The Hall–Kier alpha value is -2.21. The first-order chi connectivity index (χ1) is 11.0. The average Bonchev–Trinajstić information content (AvgIpc) is 2.81. The highest BCUT2D eigenvalue weighted by molar-refractivity contribution is 6.31. The van der Waals surface area contributed by atoms with E-state index in [1.54, 1.807) is 6.08 Å². The maximum atomic E-state index is 13.6. The predicted octanol–water partition coefficient (Wildman–Crippen LogP) is 2.64. The Morgan fingerprint density at radius 3 is 2.54 bits per heavy atom. The fourth-order valence-corrected chi connectivity index (χ4v) is 4.16. The van der Waals surface area contributed by atoms with Gasteiger partial charge in [-0.05, 0) is 37.5 Å². The molecule has 5 nitrogen and oxygen atoms in total. The van der Waals surface area contributed by atoms with Crippen molar-refractivity contribution in [2.75, 3.05) is 5.32 Å². The molecule has 6 heteroatoms. The number of rotatable bonds is 2. The van der Waals surface area contributed by atoms with Gasteiger partial charge in [0.05, 0.1) is 5.92 Å². The maximum absolute atomic E-state index is 13.6. The smallest absolute Gasteiger partial charge is 0.308 e. The monoisotopic (exact) mass is 332 g/mol. The van der Waals surface area contributed by atoms with Crippen molar-refractivity contribution < 1.29 is 19.1 Å². The number of hydrogen-bond acceptors (Lipinski definition) is 3. The lowest BCUT2D eigenvalue weighted by molar-refractivity contribution is -0.146. The Morgan fingerprint density at radius 1 is 1.29 bits per heavy atom. The van der Waals surface area contributed by atoms with Crippen molar-refractivity contribution in [3.05, 3.63) is 35.7 Å². The molecule has 1 fully saturated rings. The summed E-state index contributed by atoms with van der Waals surface area (Å²) in [4.78, 5) is 24.0. The van der Waals surface area contributed by atoms with Crippen LogP contribution in [0.15, 0.2) is 24.3 Å². The fourth-order valence-electron chi connectivity index (χ4n) is 4.16. The van der Waals surface area contributed by atoms with E-state index in [1.165, 1.54) is 18.2 Å². The van der Waals surface area contributed by atoms with Crippen LogP contribution in [0.1, 0.15) is 33.3 Å². The number of nitrogens with one attached hydrogen (secondary N) is 2. The van der Waals surface area contributed by atoms with Crippen molar-refractivity contribution >= 4 is 23.1 Å². The molecule has 0 saturated carbocycles. The van der Waals surface area contributed by atoms with Crippen LogP contribution in [0, 0.1) is 17.2 Å². The molecule has 3 N–H and O–H groups in total. The molecule has 0 spiro atoms. The van der Waals surface area contributed by atoms with E-state index in [2.05, 4.69) is 10.6 Å². The molecule has 128 valence electrons. The zero-order valence-corrected chi connectivity index (χ0v) is 14.1. The largest absolute Gasteiger partial charge is 0.481 e. The minimum atomic E-state index is -0.874. The van der Waals surface area contributed by atoms with Gasteiger partial charge < -0.3 is 15.7 Å². The first-order valence-corrected chi connectivity index (χ1v) is 7.87. The number of carboxylic acid groups (broad SMARTS) is 1. The molecule has 3 rings (SSSR count). The number of fused-ring (bicyclic) bond motifs is 1. The summed E-state index contributed by atoms with van der Waals surface area (Å²) in [7, 11) is 0. The number of benzene rings is 1. The van der Waals surface area contributed by atoms with Gasteiger partial charge in [-0.25, -0.2) is 4.39 Å². The standard InChI is InChI=1S/C18H21FN2O3/c1-17(2)13(21-18(3,4)14(17)16(23)24)8-11-10-7-9(19)5-6-12(10)20-15(11)22/h5-8,13-14,21H,1-4H3,(H,20,22)(H,23,24)/b11-8-. The second kappa shape index (κ2) is 5.14. The highest BCUT2D eigenvalue weighted by Gasteiger charge is 2.56. The molecule has 0 aliphatic carbocycles. The quantitative estimate of drug-likeness (QED) is 0.728. The highest BCUT2D eigenvalue weighted by atomic mass is 19.1. The SMILES string of the molecule is CC1(C)NC(/C=C2\C(=O)Nc3ccc(F)cc32)C(C)(C)C1C(=O)O. The molecular weight excluding hydrogens is 311 g/mol. The van der Waals surface area contributed by atoms with Gasteiger partial charge in [0.15, 0.2) is 0 Å². The Kier molecular flexibility index (Phi) is 3.57. The van der Waals surface area contributed by atoms with Crippen LogP contribution in [0.4, 0.5) is 10.1 Å². The van der Waals surface area contributed by atoms with Gasteiger partial charge in [-0.15, -0.1) is 0 Å². The Labute approximate surface area is 139 Å². The summed E-state index contributed by atoms with van der Waals surface area (Å²) in [6.45, 7) is 7.42. The van der Waals surface area contributed by atoms with Crippen molar-refractivity contribution in [2.24, 2.45) is 11.3 Å². The van der Waals surface area contributed by atoms with Crippen molar-refractivity contribution in [1.29, 1.82) is 0 Å². The third-order valence-electron chi connectivity index (χ3n) is 5.14. The minimum Gasteiger partial charge on any atom is -0.481 e. The lowest BCUT2D eigenvalue weighted by Gasteiger charge is -2.31. The molecule has 1 saturated heterocycles. The van der Waals surface area contributed by atoms with Crippen LogP contribution in [0.25, 0.3) is 5.57 Å². The third-order valence-corrected chi connectivity index (χ3v) is 5.14. The first-order valence-electron chi connectivity index (χ1n) is 7.87. The second-order valence-corrected chi connectivity index (χ2v) is 7.66. The Morgan fingerprint density at radius 2 is 1.96 bits per heavy atom. The summed E-state index contributed by atoms with van der Waals surface area (Å²) in [5.74, 6) is -2.22. The lowest BCUT2D eigenvalue weighted by atomic mass is 9.70. The van der Waals surface area contributed by atoms with E-state index in [-0.39, 0.29) is 11.9 Å². The van der Waals surface area contributed by atoms with E-state index < -0.39 is 28.7 Å². The molecule has 2 aliphatic heterocycles. The summed E-state index contributed by atoms with van der Waals surface area (Å²) >= 11 is 0. The molecule has 2 aliphatic rings. The molecule has 0 radical (unpaired) electrons. The Bertz CT molecular complexity index is 768. The first kappa shape index (κ1) is 16.6. The zero-order valence-electron chi connectivity index (χ0n) is 14.1. The number of carboxylic acids is 1. The van der Waals surface area contributed by atoms with Gasteiger partial charge in [-0.2, -0.15) is 0 Å². The van der Waals surface area contributed by atoms with Gasteiger partial charge in [0.25, 0.3) is 5.91 Å². The zero-order chi connectivity index (χ0) is 17.9. The lowest BCUT2D eigenvalue weighted by Crippen LogP contribution is -2.43. The third kappa shape index (κ3) is 2.41. The predicted molar refractivity (Wildman–Crippen MR) is 88.9 cm³/mol. The summed E-state index contributed by atoms with van der Waals surface area (Å²) in [6.07, 6.45) is 1.73. The van der Waals surface area contributed by atoms with Crippen LogP contribution in [0.3, 0.4) is 0 Å². The molecule has 2 heterocycles. The molecular formula is C18H21FN2O3. The van der Waals surface area contributed by atoms with Crippen molar-refractivity contribution in [3.8, 4) is 0 Å². The van der Waals surface area contributed by atoms with E-state index in [0.29, 0.717) is 16.8 Å². The molecule has 2 unspecified atom stereocenters. The topological polar surface area (TPSA) is 78.4 Å². The van der Waals surface area contributed by atoms with Gasteiger partial charge in [0.2, 0.25) is 0 Å². The van der Waals surface area contributed by atoms with Crippen LogP contribution in [0.2, 0.25) is 0 Å². The second-order valence-electron chi connectivity index (χ2n) is 7.66. The molecule has 0 aromatic heterocycles. The van der Waals surface area contributed by atoms with E-state index in [9.17, 15) is 19.1 Å². The van der Waals surface area contributed by atoms with Crippen LogP contribution >= 0.6 is 0 Å². The van der Waals surface area contributed by atoms with Gasteiger partial charge in [-0.3, -0.25) is 9.59 Å². The van der Waals surface area contributed by atoms with E-state index in [4.69, 9.17) is 0 Å². The molecule has 2 atom stereocenters. The minimum absolute atomic E-state index is 0.301. The summed E-state index contributed by atoms with van der Waals surface area (Å²) < 4.78 is 13.6. The number of halogens is 1. The average molecular weight is 332 g/mol. The number of anilines is 1. The number of hydrogen-bond donors (Lipinski definition) is 3. The molecule has 1 aromatic rings. The van der Waals surface area contributed by atoms with Crippen LogP contribution < -0.4 is 10.6 Å².